The molecule has 0 saturated carbocycles. The molecule has 0 amide bonds. The second-order valence-electron chi connectivity index (χ2n) is 6.55. The van der Waals surface area contributed by atoms with Gasteiger partial charge in [-0.3, -0.25) is 4.79 Å². The van der Waals surface area contributed by atoms with E-state index < -0.39 is 9.84 Å². The van der Waals surface area contributed by atoms with E-state index in [-0.39, 0.29) is 10.3 Å². The minimum absolute atomic E-state index is 0.0543. The lowest BCUT2D eigenvalue weighted by molar-refractivity contribution is 0.602. The van der Waals surface area contributed by atoms with E-state index in [0.717, 1.165) is 20.7 Å². The lowest BCUT2D eigenvalue weighted by Crippen LogP contribution is -2.06. The Bertz CT molecular complexity index is 1340. The fraction of sp³-hybridized carbons (Fsp3) is 0.0455. The number of rotatable bonds is 3. The lowest BCUT2D eigenvalue weighted by atomic mass is 10.00. The molecule has 28 heavy (non-hydrogen) atoms. The Morgan fingerprint density at radius 2 is 1.43 bits per heavy atom. The van der Waals surface area contributed by atoms with E-state index in [9.17, 15) is 13.2 Å². The van der Waals surface area contributed by atoms with Crippen molar-refractivity contribution >= 4 is 36.9 Å². The van der Waals surface area contributed by atoms with Gasteiger partial charge in [0.2, 0.25) is 0 Å². The average molecular weight is 408 g/mol. The van der Waals surface area contributed by atoms with Gasteiger partial charge in [0.25, 0.3) is 0 Å². The van der Waals surface area contributed by atoms with Crippen LogP contribution in [0.15, 0.2) is 82.5 Å². The topological polar surface area (TPSA) is 77.2 Å². The molecule has 0 unspecified atom stereocenters. The molecule has 0 radical (unpaired) electrons. The number of benzene rings is 3. The number of nitrogens with two attached hydrogens (primary N) is 1. The third-order valence-electron chi connectivity index (χ3n) is 4.54. The highest BCUT2D eigenvalue weighted by Gasteiger charge is 2.17. The number of anilines is 1. The summed E-state index contributed by atoms with van der Waals surface area (Å²) in [5, 5.41) is 0.663. The molecule has 1 aromatic heterocycles. The Hall–Kier alpha value is -2.96. The molecule has 0 aliphatic heterocycles. The van der Waals surface area contributed by atoms with E-state index in [1.165, 1.54) is 17.6 Å². The highest BCUT2D eigenvalue weighted by molar-refractivity contribution is 7.90. The van der Waals surface area contributed by atoms with Crippen LogP contribution >= 0.6 is 11.3 Å². The summed E-state index contributed by atoms with van der Waals surface area (Å²) in [5.74, 6) is 0. The second kappa shape index (κ2) is 6.89. The van der Waals surface area contributed by atoms with Crippen LogP contribution in [0.2, 0.25) is 0 Å². The molecule has 0 saturated heterocycles. The fourth-order valence-corrected chi connectivity index (χ4v) is 4.94. The summed E-state index contributed by atoms with van der Waals surface area (Å²) in [7, 11) is -3.28. The Balaban J connectivity index is 2.03. The number of hydrogen-bond donors (Lipinski definition) is 1. The van der Waals surface area contributed by atoms with Crippen molar-refractivity contribution in [2.45, 2.75) is 4.90 Å². The zero-order chi connectivity index (χ0) is 19.9. The van der Waals surface area contributed by atoms with Gasteiger partial charge < -0.3 is 5.73 Å². The third kappa shape index (κ3) is 3.32. The maximum atomic E-state index is 13.3. The monoisotopic (exact) mass is 407 g/mol. The van der Waals surface area contributed by atoms with E-state index in [1.807, 2.05) is 36.4 Å². The molecule has 0 aliphatic rings. The van der Waals surface area contributed by atoms with Crippen LogP contribution in [0.25, 0.3) is 31.7 Å². The molecule has 6 heteroatoms. The van der Waals surface area contributed by atoms with Gasteiger partial charge in [0, 0.05) is 32.5 Å². The Labute approximate surface area is 166 Å². The van der Waals surface area contributed by atoms with E-state index in [2.05, 4.69) is 0 Å². The zero-order valence-corrected chi connectivity index (χ0v) is 16.7. The Morgan fingerprint density at radius 1 is 0.821 bits per heavy atom. The van der Waals surface area contributed by atoms with Crippen molar-refractivity contribution < 1.29 is 8.42 Å². The van der Waals surface area contributed by atoms with E-state index >= 15 is 0 Å². The maximum Gasteiger partial charge on any atom is 0.196 e. The molecule has 0 fully saturated rings. The summed E-state index contributed by atoms with van der Waals surface area (Å²) in [5.41, 5.74) is 8.55. The Morgan fingerprint density at radius 3 is 2.07 bits per heavy atom. The van der Waals surface area contributed by atoms with Crippen LogP contribution in [0.3, 0.4) is 0 Å². The number of nitrogen functional groups attached to an aromatic ring is 1. The van der Waals surface area contributed by atoms with Crippen molar-refractivity contribution in [1.29, 1.82) is 0 Å². The molecule has 2 N–H and O–H groups in total. The SMILES string of the molecule is CS(=O)(=O)c1ccc(-c2sc3ccccc3c(=O)c2-c2ccc(N)cc2)cc1. The standard InChI is InChI=1S/C22H17NO3S2/c1-28(25,26)17-12-8-15(9-13-17)22-20(14-6-10-16(23)11-7-14)21(24)18-4-2-3-5-19(18)27-22/h2-13H,23H2,1H3. The van der Waals surface area contributed by atoms with Gasteiger partial charge in [-0.15, -0.1) is 11.3 Å². The van der Waals surface area contributed by atoms with Gasteiger partial charge in [-0.05, 0) is 47.5 Å². The molecular weight excluding hydrogens is 390 g/mol. The van der Waals surface area contributed by atoms with Crippen LogP contribution in [0.1, 0.15) is 0 Å². The van der Waals surface area contributed by atoms with Crippen molar-refractivity contribution in [2.75, 3.05) is 12.0 Å². The summed E-state index contributed by atoms with van der Waals surface area (Å²) in [6.07, 6.45) is 1.18. The molecule has 140 valence electrons. The van der Waals surface area contributed by atoms with Crippen LogP contribution < -0.4 is 11.2 Å². The van der Waals surface area contributed by atoms with Crippen molar-refractivity contribution in [1.82, 2.24) is 0 Å². The molecular formula is C22H17NO3S2. The quantitative estimate of drug-likeness (QED) is 0.504. The zero-order valence-electron chi connectivity index (χ0n) is 15.0. The predicted octanol–water partition coefficient (Wildman–Crippen LogP) is 4.58. The van der Waals surface area contributed by atoms with Crippen LogP contribution in [-0.2, 0) is 9.84 Å². The molecule has 0 bridgehead atoms. The second-order valence-corrected chi connectivity index (χ2v) is 9.62. The van der Waals surface area contributed by atoms with Crippen LogP contribution in [-0.4, -0.2) is 14.7 Å². The summed E-state index contributed by atoms with van der Waals surface area (Å²) >= 11 is 1.51. The number of sulfone groups is 1. The number of fused-ring (bicyclic) bond motifs is 1. The molecule has 0 aliphatic carbocycles. The predicted molar refractivity (Wildman–Crippen MR) is 116 cm³/mol. The highest BCUT2D eigenvalue weighted by Crippen LogP contribution is 2.37. The first kappa shape index (κ1) is 18.4. The lowest BCUT2D eigenvalue weighted by Gasteiger charge is -2.11. The Kier molecular flexibility index (Phi) is 4.53. The largest absolute Gasteiger partial charge is 0.399 e. The van der Waals surface area contributed by atoms with E-state index in [0.29, 0.717) is 16.6 Å². The summed E-state index contributed by atoms with van der Waals surface area (Å²) < 4.78 is 24.4. The van der Waals surface area contributed by atoms with E-state index in [1.54, 1.807) is 36.4 Å². The molecule has 1 heterocycles. The summed E-state index contributed by atoms with van der Waals surface area (Å²) in [6, 6.07) is 21.3. The van der Waals surface area contributed by atoms with Gasteiger partial charge in [0.15, 0.2) is 15.3 Å². The van der Waals surface area contributed by atoms with Gasteiger partial charge in [-0.1, -0.05) is 36.4 Å². The van der Waals surface area contributed by atoms with Crippen molar-refractivity contribution in [3.63, 3.8) is 0 Å². The molecule has 0 atom stereocenters. The molecule has 3 aromatic carbocycles. The smallest absolute Gasteiger partial charge is 0.196 e. The number of hydrogen-bond acceptors (Lipinski definition) is 5. The van der Waals surface area contributed by atoms with Gasteiger partial charge >= 0.3 is 0 Å². The minimum atomic E-state index is -3.28. The molecule has 4 rings (SSSR count). The molecule has 4 aromatic rings. The van der Waals surface area contributed by atoms with Gasteiger partial charge in [-0.25, -0.2) is 8.42 Å². The molecule has 0 spiro atoms. The summed E-state index contributed by atoms with van der Waals surface area (Å²) in [4.78, 5) is 14.4. The minimum Gasteiger partial charge on any atom is -0.399 e. The highest BCUT2D eigenvalue weighted by atomic mass is 32.2. The first-order valence-corrected chi connectivity index (χ1v) is 11.3. The first-order chi connectivity index (χ1) is 13.3. The van der Waals surface area contributed by atoms with Crippen LogP contribution in [0.5, 0.6) is 0 Å². The van der Waals surface area contributed by atoms with Crippen molar-refractivity contribution in [3.8, 4) is 21.6 Å². The first-order valence-electron chi connectivity index (χ1n) is 8.57. The van der Waals surface area contributed by atoms with Gasteiger partial charge in [-0.2, -0.15) is 0 Å². The van der Waals surface area contributed by atoms with Crippen LogP contribution in [0.4, 0.5) is 5.69 Å². The third-order valence-corrected chi connectivity index (χ3v) is 6.89. The van der Waals surface area contributed by atoms with Crippen molar-refractivity contribution in [2.24, 2.45) is 0 Å². The van der Waals surface area contributed by atoms with Gasteiger partial charge in [0.05, 0.1) is 4.90 Å². The average Bonchev–Trinajstić information content (AvgIpc) is 2.68. The fourth-order valence-electron chi connectivity index (χ4n) is 3.11. The van der Waals surface area contributed by atoms with Crippen molar-refractivity contribution in [3.05, 3.63) is 83.0 Å². The van der Waals surface area contributed by atoms with Crippen LogP contribution in [0, 0.1) is 0 Å². The van der Waals surface area contributed by atoms with Gasteiger partial charge in [0.1, 0.15) is 0 Å². The summed E-state index contributed by atoms with van der Waals surface area (Å²) in [6.45, 7) is 0. The molecule has 4 nitrogen and oxygen atoms in total. The normalized spacial score (nSPS) is 11.6. The van der Waals surface area contributed by atoms with E-state index in [4.69, 9.17) is 5.73 Å². The maximum absolute atomic E-state index is 13.3.